The van der Waals surface area contributed by atoms with Crippen molar-refractivity contribution in [2.24, 2.45) is 5.92 Å². The van der Waals surface area contributed by atoms with Crippen LogP contribution in [0.4, 0.5) is 0 Å². The van der Waals surface area contributed by atoms with E-state index in [9.17, 15) is 19.8 Å². The molecule has 9 nitrogen and oxygen atoms in total. The van der Waals surface area contributed by atoms with Gasteiger partial charge in [-0.3, -0.25) is 14.5 Å². The summed E-state index contributed by atoms with van der Waals surface area (Å²) in [6.07, 6.45) is 4.31. The van der Waals surface area contributed by atoms with Crippen molar-refractivity contribution < 1.29 is 29.3 Å². The number of aliphatic carboxylic acids is 1. The first-order valence-corrected chi connectivity index (χ1v) is 14.8. The van der Waals surface area contributed by atoms with Crippen molar-refractivity contribution in [2.45, 2.75) is 57.6 Å². The Hall–Kier alpha value is -3.14. The number of benzene rings is 2. The van der Waals surface area contributed by atoms with Crippen molar-refractivity contribution >= 4 is 11.9 Å². The standard InChI is InChI=1S/C32H45N3O6/c1-4-5-15-34(16-9-8-14-33(2)3)30(37)20-35-19-26(24-12-13-28-29(18-24)41-22-40-28)31(32(38)39)27(35)17-23-10-6-7-11-25(23)21-36/h6-7,10-13,18,26-27,31,36H,4-5,8-9,14-17,19-22H2,1-3H3,(H,38,39)/t26-,27+,31-/m1/s1. The van der Waals surface area contributed by atoms with Crippen LogP contribution in [0.3, 0.4) is 0 Å². The summed E-state index contributed by atoms with van der Waals surface area (Å²) in [5.74, 6) is -0.643. The van der Waals surface area contributed by atoms with E-state index in [1.54, 1.807) is 0 Å². The van der Waals surface area contributed by atoms with E-state index in [2.05, 4.69) is 30.8 Å². The molecule has 2 aliphatic heterocycles. The minimum absolute atomic E-state index is 0.0409. The molecule has 41 heavy (non-hydrogen) atoms. The van der Waals surface area contributed by atoms with Gasteiger partial charge in [0.15, 0.2) is 11.5 Å². The lowest BCUT2D eigenvalue weighted by Gasteiger charge is -2.30. The van der Waals surface area contributed by atoms with E-state index in [4.69, 9.17) is 9.47 Å². The number of nitrogens with zero attached hydrogens (tertiary/aromatic N) is 3. The van der Waals surface area contributed by atoms with E-state index >= 15 is 0 Å². The molecule has 2 heterocycles. The van der Waals surface area contributed by atoms with Crippen LogP contribution in [0.25, 0.3) is 0 Å². The summed E-state index contributed by atoms with van der Waals surface area (Å²) in [6, 6.07) is 12.8. The second-order valence-electron chi connectivity index (χ2n) is 11.5. The van der Waals surface area contributed by atoms with Crippen molar-refractivity contribution in [3.63, 3.8) is 0 Å². The zero-order valence-corrected chi connectivity index (χ0v) is 24.6. The van der Waals surface area contributed by atoms with E-state index in [1.807, 2.05) is 47.4 Å². The largest absolute Gasteiger partial charge is 0.481 e. The number of fused-ring (bicyclic) bond motifs is 1. The van der Waals surface area contributed by atoms with Crippen LogP contribution in [0.15, 0.2) is 42.5 Å². The third kappa shape index (κ3) is 7.78. The summed E-state index contributed by atoms with van der Waals surface area (Å²) in [4.78, 5) is 32.8. The van der Waals surface area contributed by atoms with Gasteiger partial charge in [0.05, 0.1) is 19.1 Å². The van der Waals surface area contributed by atoms with Gasteiger partial charge in [0, 0.05) is 31.6 Å². The Morgan fingerprint density at radius 2 is 1.68 bits per heavy atom. The molecule has 0 spiro atoms. The second kappa shape index (κ2) is 14.7. The maximum atomic E-state index is 13.8. The second-order valence-corrected chi connectivity index (χ2v) is 11.5. The zero-order valence-electron chi connectivity index (χ0n) is 24.6. The highest BCUT2D eigenvalue weighted by Crippen LogP contribution is 2.43. The molecule has 0 aliphatic carbocycles. The fourth-order valence-corrected chi connectivity index (χ4v) is 6.08. The summed E-state index contributed by atoms with van der Waals surface area (Å²) in [5, 5.41) is 20.5. The molecule has 2 aromatic carbocycles. The fraction of sp³-hybridized carbons (Fsp3) is 0.562. The molecule has 2 aliphatic rings. The third-order valence-corrected chi connectivity index (χ3v) is 8.33. The number of rotatable bonds is 15. The van der Waals surface area contributed by atoms with Crippen LogP contribution in [0.5, 0.6) is 11.5 Å². The predicted molar refractivity (Wildman–Crippen MR) is 157 cm³/mol. The van der Waals surface area contributed by atoms with Gasteiger partial charge in [-0.1, -0.05) is 43.7 Å². The van der Waals surface area contributed by atoms with Gasteiger partial charge in [0.2, 0.25) is 12.7 Å². The first-order valence-electron chi connectivity index (χ1n) is 14.8. The SMILES string of the molecule is CCCCN(CCCCN(C)C)C(=O)CN1C[C@H](c2ccc3c(c2)OCO3)[C@@H](C(=O)O)[C@@H]1Cc1ccccc1CO. The molecule has 1 saturated heterocycles. The zero-order chi connectivity index (χ0) is 29.4. The van der Waals surface area contributed by atoms with Crippen molar-refractivity contribution in [3.05, 3.63) is 59.2 Å². The number of hydrogen-bond acceptors (Lipinski definition) is 7. The molecule has 3 atom stereocenters. The number of carboxylic acid groups (broad SMARTS) is 1. The van der Waals surface area contributed by atoms with Gasteiger partial charge in [-0.2, -0.15) is 0 Å². The smallest absolute Gasteiger partial charge is 0.308 e. The number of hydrogen-bond donors (Lipinski definition) is 2. The minimum Gasteiger partial charge on any atom is -0.481 e. The van der Waals surface area contributed by atoms with Gasteiger partial charge >= 0.3 is 5.97 Å². The molecule has 2 N–H and O–H groups in total. The lowest BCUT2D eigenvalue weighted by atomic mass is 9.82. The van der Waals surface area contributed by atoms with Gasteiger partial charge in [-0.05, 0) is 75.1 Å². The monoisotopic (exact) mass is 567 g/mol. The van der Waals surface area contributed by atoms with Gasteiger partial charge in [0.1, 0.15) is 0 Å². The summed E-state index contributed by atoms with van der Waals surface area (Å²) in [5.41, 5.74) is 2.55. The Morgan fingerprint density at radius 3 is 2.39 bits per heavy atom. The molecule has 1 fully saturated rings. The van der Waals surface area contributed by atoms with E-state index in [0.29, 0.717) is 37.6 Å². The van der Waals surface area contributed by atoms with Crippen LogP contribution < -0.4 is 9.47 Å². The highest BCUT2D eigenvalue weighted by atomic mass is 16.7. The number of likely N-dealkylation sites (tertiary alicyclic amines) is 1. The predicted octanol–water partition coefficient (Wildman–Crippen LogP) is 3.59. The normalized spacial score (nSPS) is 20.1. The molecule has 1 amide bonds. The lowest BCUT2D eigenvalue weighted by molar-refractivity contribution is -0.143. The van der Waals surface area contributed by atoms with Crippen molar-refractivity contribution in [1.29, 1.82) is 0 Å². The third-order valence-electron chi connectivity index (χ3n) is 8.33. The quantitative estimate of drug-likeness (QED) is 0.315. The fourth-order valence-electron chi connectivity index (χ4n) is 6.08. The molecular weight excluding hydrogens is 522 g/mol. The van der Waals surface area contributed by atoms with Gasteiger partial charge < -0.3 is 29.5 Å². The topological polar surface area (TPSA) is 103 Å². The molecule has 0 unspecified atom stereocenters. The summed E-state index contributed by atoms with van der Waals surface area (Å²) in [6.45, 7) is 5.13. The molecule has 224 valence electrons. The van der Waals surface area contributed by atoms with E-state index in [1.165, 1.54) is 0 Å². The van der Waals surface area contributed by atoms with Crippen molar-refractivity contribution in [2.75, 3.05) is 53.6 Å². The number of aliphatic hydroxyl groups excluding tert-OH is 1. The average molecular weight is 568 g/mol. The molecule has 0 bridgehead atoms. The first-order chi connectivity index (χ1) is 19.8. The molecule has 0 saturated carbocycles. The lowest BCUT2D eigenvalue weighted by Crippen LogP contribution is -2.45. The van der Waals surface area contributed by atoms with Gasteiger partial charge in [-0.15, -0.1) is 0 Å². The number of carbonyl (C=O) groups is 2. The summed E-state index contributed by atoms with van der Waals surface area (Å²) < 4.78 is 11.1. The van der Waals surface area contributed by atoms with Gasteiger partial charge in [0.25, 0.3) is 0 Å². The molecule has 9 heteroatoms. The Bertz CT molecular complexity index is 1170. The number of ether oxygens (including phenoxy) is 2. The Kier molecular flexibility index (Phi) is 11.0. The highest BCUT2D eigenvalue weighted by molar-refractivity contribution is 5.79. The van der Waals surface area contributed by atoms with Crippen LogP contribution in [-0.4, -0.2) is 96.4 Å². The molecule has 4 rings (SSSR count). The number of unbranched alkanes of at least 4 members (excludes halogenated alkanes) is 2. The Labute approximate surface area is 243 Å². The van der Waals surface area contributed by atoms with Crippen LogP contribution >= 0.6 is 0 Å². The first kappa shape index (κ1) is 30.8. The maximum Gasteiger partial charge on any atom is 0.308 e. The molecular formula is C32H45N3O6. The van der Waals surface area contributed by atoms with Crippen LogP contribution in [0.2, 0.25) is 0 Å². The summed E-state index contributed by atoms with van der Waals surface area (Å²) in [7, 11) is 4.11. The van der Waals surface area contributed by atoms with Crippen LogP contribution in [-0.2, 0) is 22.6 Å². The van der Waals surface area contributed by atoms with E-state index < -0.39 is 17.9 Å². The molecule has 0 aromatic heterocycles. The Morgan fingerprint density at radius 1 is 0.976 bits per heavy atom. The van der Waals surface area contributed by atoms with E-state index in [-0.39, 0.29) is 31.8 Å². The van der Waals surface area contributed by atoms with Crippen LogP contribution in [0.1, 0.15) is 55.2 Å². The van der Waals surface area contributed by atoms with Crippen molar-refractivity contribution in [3.8, 4) is 11.5 Å². The number of carboxylic acids is 1. The van der Waals surface area contributed by atoms with E-state index in [0.717, 1.165) is 48.9 Å². The molecule has 0 radical (unpaired) electrons. The minimum atomic E-state index is -0.888. The van der Waals surface area contributed by atoms with Crippen LogP contribution in [0, 0.1) is 5.92 Å². The average Bonchev–Trinajstić information content (AvgIpc) is 3.57. The van der Waals surface area contributed by atoms with Gasteiger partial charge in [-0.25, -0.2) is 0 Å². The number of carbonyl (C=O) groups excluding carboxylic acids is 1. The number of aliphatic hydroxyl groups is 1. The Balaban J connectivity index is 1.61. The molecule has 2 aromatic rings. The maximum absolute atomic E-state index is 13.8. The number of amides is 1. The highest BCUT2D eigenvalue weighted by Gasteiger charge is 2.47. The summed E-state index contributed by atoms with van der Waals surface area (Å²) >= 11 is 0. The van der Waals surface area contributed by atoms with Crippen molar-refractivity contribution in [1.82, 2.24) is 14.7 Å².